The third-order valence-corrected chi connectivity index (χ3v) is 4.61. The number of carbonyl (C=O) groups is 1. The third kappa shape index (κ3) is 3.22. The van der Waals surface area contributed by atoms with Crippen LogP contribution in [0.5, 0.6) is 0 Å². The van der Waals surface area contributed by atoms with Crippen LogP contribution in [0.1, 0.15) is 5.56 Å². The Bertz CT molecular complexity index is 791. The van der Waals surface area contributed by atoms with E-state index >= 15 is 0 Å². The van der Waals surface area contributed by atoms with Crippen molar-refractivity contribution in [3.63, 3.8) is 0 Å². The SMILES string of the molecule is Cc1ccc(S(=O)(=O)N(CC(=O)O)c2ncccc2F)cc1. The number of pyridine rings is 1. The predicted molar refractivity (Wildman–Crippen MR) is 77.5 cm³/mol. The number of halogens is 1. The van der Waals surface area contributed by atoms with E-state index in [9.17, 15) is 17.6 Å². The minimum absolute atomic E-state index is 0.135. The van der Waals surface area contributed by atoms with Crippen LogP contribution in [0.2, 0.25) is 0 Å². The second-order valence-corrected chi connectivity index (χ2v) is 6.39. The Kier molecular flexibility index (Phi) is 4.41. The Morgan fingerprint density at radius 3 is 2.45 bits per heavy atom. The van der Waals surface area contributed by atoms with Crippen molar-refractivity contribution in [2.24, 2.45) is 0 Å². The lowest BCUT2D eigenvalue weighted by Crippen LogP contribution is -2.37. The van der Waals surface area contributed by atoms with Crippen LogP contribution >= 0.6 is 0 Å². The highest BCUT2D eigenvalue weighted by Gasteiger charge is 2.30. The first kappa shape index (κ1) is 15.9. The van der Waals surface area contributed by atoms with Crippen molar-refractivity contribution in [3.05, 3.63) is 54.0 Å². The van der Waals surface area contributed by atoms with E-state index in [0.29, 0.717) is 4.31 Å². The number of nitrogens with zero attached hydrogens (tertiary/aromatic N) is 2. The molecule has 1 aromatic carbocycles. The number of aliphatic carboxylic acids is 1. The Morgan fingerprint density at radius 1 is 1.27 bits per heavy atom. The second kappa shape index (κ2) is 6.10. The molecule has 2 rings (SSSR count). The van der Waals surface area contributed by atoms with Gasteiger partial charge in [-0.25, -0.2) is 22.1 Å². The van der Waals surface area contributed by atoms with E-state index in [0.717, 1.165) is 11.6 Å². The maximum atomic E-state index is 13.8. The number of benzene rings is 1. The van der Waals surface area contributed by atoms with E-state index in [1.165, 1.54) is 24.4 Å². The molecule has 0 aliphatic carbocycles. The molecule has 0 radical (unpaired) electrons. The molecule has 0 saturated heterocycles. The van der Waals surface area contributed by atoms with E-state index in [1.807, 2.05) is 0 Å². The molecule has 0 aliphatic heterocycles. The molecule has 0 aliphatic rings. The van der Waals surface area contributed by atoms with Crippen LogP contribution in [-0.4, -0.2) is 31.0 Å². The number of carboxylic acids is 1. The summed E-state index contributed by atoms with van der Waals surface area (Å²) in [4.78, 5) is 14.5. The molecular formula is C14H13FN2O4S. The molecule has 0 atom stereocenters. The Hall–Kier alpha value is -2.48. The van der Waals surface area contributed by atoms with Crippen molar-refractivity contribution in [2.45, 2.75) is 11.8 Å². The van der Waals surface area contributed by atoms with Crippen molar-refractivity contribution in [1.82, 2.24) is 4.98 Å². The van der Waals surface area contributed by atoms with Gasteiger partial charge >= 0.3 is 5.97 Å². The number of hydrogen-bond donors (Lipinski definition) is 1. The van der Waals surface area contributed by atoms with Crippen LogP contribution in [0.4, 0.5) is 10.2 Å². The summed E-state index contributed by atoms with van der Waals surface area (Å²) in [6.07, 6.45) is 1.19. The van der Waals surface area contributed by atoms with Gasteiger partial charge in [0, 0.05) is 6.20 Å². The number of sulfonamides is 1. The van der Waals surface area contributed by atoms with E-state index in [4.69, 9.17) is 5.11 Å². The summed E-state index contributed by atoms with van der Waals surface area (Å²) < 4.78 is 39.5. The smallest absolute Gasteiger partial charge is 0.324 e. The third-order valence-electron chi connectivity index (χ3n) is 2.86. The lowest BCUT2D eigenvalue weighted by Gasteiger charge is -2.21. The molecule has 0 spiro atoms. The highest BCUT2D eigenvalue weighted by molar-refractivity contribution is 7.92. The molecule has 1 aromatic heterocycles. The monoisotopic (exact) mass is 324 g/mol. The quantitative estimate of drug-likeness (QED) is 0.906. The average Bonchev–Trinajstić information content (AvgIpc) is 2.46. The van der Waals surface area contributed by atoms with Gasteiger partial charge in [-0.05, 0) is 31.2 Å². The average molecular weight is 324 g/mol. The highest BCUT2D eigenvalue weighted by Crippen LogP contribution is 2.24. The van der Waals surface area contributed by atoms with Gasteiger partial charge in [0.1, 0.15) is 6.54 Å². The van der Waals surface area contributed by atoms with Crippen LogP contribution in [0.25, 0.3) is 0 Å². The highest BCUT2D eigenvalue weighted by atomic mass is 32.2. The fourth-order valence-electron chi connectivity index (χ4n) is 1.79. The maximum absolute atomic E-state index is 13.8. The van der Waals surface area contributed by atoms with Crippen molar-refractivity contribution in [1.29, 1.82) is 0 Å². The summed E-state index contributed by atoms with van der Waals surface area (Å²) >= 11 is 0. The summed E-state index contributed by atoms with van der Waals surface area (Å²) in [6.45, 7) is 0.855. The second-order valence-electron chi connectivity index (χ2n) is 4.53. The van der Waals surface area contributed by atoms with E-state index in [1.54, 1.807) is 19.1 Å². The molecule has 1 N–H and O–H groups in total. The number of aryl methyl sites for hydroxylation is 1. The zero-order valence-electron chi connectivity index (χ0n) is 11.6. The molecule has 22 heavy (non-hydrogen) atoms. The summed E-state index contributed by atoms with van der Waals surface area (Å²) in [5, 5.41) is 8.93. The Balaban J connectivity index is 2.56. The summed E-state index contributed by atoms with van der Waals surface area (Å²) in [7, 11) is -4.24. The molecule has 1 heterocycles. The first-order valence-corrected chi connectivity index (χ1v) is 7.68. The van der Waals surface area contributed by atoms with Gasteiger partial charge in [0.15, 0.2) is 11.6 Å². The van der Waals surface area contributed by atoms with Gasteiger partial charge < -0.3 is 5.11 Å². The molecule has 0 unspecified atom stereocenters. The normalized spacial score (nSPS) is 11.2. The standard InChI is InChI=1S/C14H13FN2O4S/c1-10-4-6-11(7-5-10)22(20,21)17(9-13(18)19)14-12(15)3-2-8-16-14/h2-8H,9H2,1H3,(H,18,19). The Labute approximate surface area is 126 Å². The molecule has 8 heteroatoms. The minimum atomic E-state index is -4.24. The van der Waals surface area contributed by atoms with Crippen molar-refractivity contribution >= 4 is 21.8 Å². The number of hydrogen-bond acceptors (Lipinski definition) is 4. The largest absolute Gasteiger partial charge is 0.480 e. The topological polar surface area (TPSA) is 87.6 Å². The fourth-order valence-corrected chi connectivity index (χ4v) is 3.17. The van der Waals surface area contributed by atoms with Gasteiger partial charge in [-0.1, -0.05) is 17.7 Å². The molecule has 0 bridgehead atoms. The van der Waals surface area contributed by atoms with Crippen molar-refractivity contribution < 1.29 is 22.7 Å². The van der Waals surface area contributed by atoms with Crippen LogP contribution in [-0.2, 0) is 14.8 Å². The first-order valence-electron chi connectivity index (χ1n) is 6.24. The van der Waals surface area contributed by atoms with E-state index < -0.39 is 34.2 Å². The number of aromatic nitrogens is 1. The summed E-state index contributed by atoms with van der Waals surface area (Å²) in [6, 6.07) is 8.11. The fraction of sp³-hybridized carbons (Fsp3) is 0.143. The molecule has 0 saturated carbocycles. The molecule has 2 aromatic rings. The number of carboxylic acid groups (broad SMARTS) is 1. The zero-order valence-corrected chi connectivity index (χ0v) is 12.4. The number of anilines is 1. The predicted octanol–water partition coefficient (Wildman–Crippen LogP) is 1.81. The van der Waals surface area contributed by atoms with Crippen LogP contribution in [0.3, 0.4) is 0 Å². The minimum Gasteiger partial charge on any atom is -0.480 e. The van der Waals surface area contributed by atoms with Gasteiger partial charge in [-0.3, -0.25) is 4.79 Å². The first-order chi connectivity index (χ1) is 10.3. The van der Waals surface area contributed by atoms with Gasteiger partial charge in [0.25, 0.3) is 10.0 Å². The number of rotatable bonds is 5. The van der Waals surface area contributed by atoms with Gasteiger partial charge in [0.2, 0.25) is 0 Å². The summed E-state index contributed by atoms with van der Waals surface area (Å²) in [5.41, 5.74) is 0.841. The maximum Gasteiger partial charge on any atom is 0.324 e. The lowest BCUT2D eigenvalue weighted by atomic mass is 10.2. The van der Waals surface area contributed by atoms with E-state index in [-0.39, 0.29) is 4.90 Å². The molecular weight excluding hydrogens is 311 g/mol. The van der Waals surface area contributed by atoms with Crippen LogP contribution in [0, 0.1) is 12.7 Å². The van der Waals surface area contributed by atoms with E-state index in [2.05, 4.69) is 4.98 Å². The molecule has 0 amide bonds. The molecule has 116 valence electrons. The van der Waals surface area contributed by atoms with Crippen LogP contribution in [0.15, 0.2) is 47.5 Å². The zero-order chi connectivity index (χ0) is 16.3. The molecule has 6 nitrogen and oxygen atoms in total. The Morgan fingerprint density at radius 2 is 1.91 bits per heavy atom. The lowest BCUT2D eigenvalue weighted by molar-refractivity contribution is -0.135. The van der Waals surface area contributed by atoms with Crippen LogP contribution < -0.4 is 4.31 Å². The molecule has 0 fully saturated rings. The van der Waals surface area contributed by atoms with Gasteiger partial charge in [0.05, 0.1) is 4.90 Å². The van der Waals surface area contributed by atoms with Gasteiger partial charge in [-0.2, -0.15) is 0 Å². The van der Waals surface area contributed by atoms with Gasteiger partial charge in [-0.15, -0.1) is 0 Å². The van der Waals surface area contributed by atoms with Crippen molar-refractivity contribution in [2.75, 3.05) is 10.8 Å². The van der Waals surface area contributed by atoms with Crippen molar-refractivity contribution in [3.8, 4) is 0 Å². The summed E-state index contributed by atoms with van der Waals surface area (Å²) in [5.74, 6) is -2.88.